The molecule has 1 aliphatic rings. The van der Waals surface area contributed by atoms with E-state index in [4.69, 9.17) is 19.7 Å². The molecule has 0 radical (unpaired) electrons. The summed E-state index contributed by atoms with van der Waals surface area (Å²) in [6.07, 6.45) is 1.32. The van der Waals surface area contributed by atoms with Crippen LogP contribution in [0.2, 0.25) is 0 Å². The van der Waals surface area contributed by atoms with Gasteiger partial charge in [0.25, 0.3) is 0 Å². The molecule has 1 unspecified atom stereocenters. The largest absolute Gasteiger partial charge is 0.481 e. The zero-order chi connectivity index (χ0) is 19.0. The van der Waals surface area contributed by atoms with Gasteiger partial charge < -0.3 is 24.6 Å². The van der Waals surface area contributed by atoms with Crippen molar-refractivity contribution >= 4 is 23.9 Å². The summed E-state index contributed by atoms with van der Waals surface area (Å²) in [4.78, 5) is 46.0. The predicted molar refractivity (Wildman–Crippen MR) is 82.7 cm³/mol. The second-order valence-electron chi connectivity index (χ2n) is 5.04. The number of allylic oxidation sites excluding steroid dienone is 3. The summed E-state index contributed by atoms with van der Waals surface area (Å²) in [5.74, 6) is -5.09. The van der Waals surface area contributed by atoms with Gasteiger partial charge in [-0.15, -0.1) is 0 Å². The lowest BCUT2D eigenvalue weighted by molar-refractivity contribution is -0.197. The third-order valence-electron chi connectivity index (χ3n) is 3.14. The van der Waals surface area contributed by atoms with Crippen LogP contribution in [0.1, 0.15) is 26.7 Å². The van der Waals surface area contributed by atoms with Gasteiger partial charge in [-0.3, -0.25) is 19.2 Å². The second kappa shape index (κ2) is 9.42. The van der Waals surface area contributed by atoms with Gasteiger partial charge in [0, 0.05) is 12.2 Å². The Labute approximate surface area is 143 Å². The second-order valence-corrected chi connectivity index (χ2v) is 5.04. The van der Waals surface area contributed by atoms with Crippen molar-refractivity contribution in [1.29, 1.82) is 0 Å². The number of carboxylic acids is 2. The van der Waals surface area contributed by atoms with Gasteiger partial charge >= 0.3 is 30.3 Å². The Balaban J connectivity index is 2.82. The number of nitrogens with zero attached hydrogens (tertiary/aromatic N) is 1. The molecule has 0 bridgehead atoms. The van der Waals surface area contributed by atoms with Gasteiger partial charge in [0.05, 0.1) is 0 Å². The molecule has 0 amide bonds. The van der Waals surface area contributed by atoms with Gasteiger partial charge in [-0.05, 0) is 26.0 Å². The molecule has 0 fully saturated rings. The lowest BCUT2D eigenvalue weighted by Gasteiger charge is -2.35. The van der Waals surface area contributed by atoms with Crippen LogP contribution < -0.4 is 5.32 Å². The predicted octanol–water partition coefficient (Wildman–Crippen LogP) is 0.0170. The summed E-state index contributed by atoms with van der Waals surface area (Å²) < 4.78 is 9.59. The molecule has 0 aromatic carbocycles. The Hall–Kier alpha value is -2.88. The number of aliphatic carboxylic acids is 2. The molecule has 3 N–H and O–H groups in total. The smallest absolute Gasteiger partial charge is 0.321 e. The summed E-state index contributed by atoms with van der Waals surface area (Å²) in [6.45, 7) is 4.32. The molecule has 138 valence electrons. The molecule has 0 saturated heterocycles. The van der Waals surface area contributed by atoms with Crippen LogP contribution in [-0.4, -0.2) is 58.1 Å². The van der Waals surface area contributed by atoms with E-state index in [9.17, 15) is 19.2 Å². The van der Waals surface area contributed by atoms with Crippen molar-refractivity contribution in [2.75, 3.05) is 6.54 Å². The van der Waals surface area contributed by atoms with E-state index < -0.39 is 49.3 Å². The first-order valence-electron chi connectivity index (χ1n) is 7.43. The van der Waals surface area contributed by atoms with E-state index in [-0.39, 0.29) is 0 Å². The Morgan fingerprint density at radius 2 is 1.68 bits per heavy atom. The maximum Gasteiger partial charge on any atom is 0.321 e. The van der Waals surface area contributed by atoms with Crippen LogP contribution >= 0.6 is 0 Å². The van der Waals surface area contributed by atoms with E-state index in [2.05, 4.69) is 5.32 Å². The Bertz CT molecular complexity index is 568. The molecular weight excluding hydrogens is 336 g/mol. The van der Waals surface area contributed by atoms with Crippen molar-refractivity contribution in [3.8, 4) is 0 Å². The van der Waals surface area contributed by atoms with Gasteiger partial charge in [-0.1, -0.05) is 6.08 Å². The fraction of sp³-hybridized carbons (Fsp3) is 0.467. The molecular formula is C15H20N2O8. The van der Waals surface area contributed by atoms with Crippen molar-refractivity contribution in [1.82, 2.24) is 10.2 Å². The fourth-order valence-corrected chi connectivity index (χ4v) is 2.11. The molecule has 0 aromatic heterocycles. The number of hydrogen-bond donors (Lipinski definition) is 3. The molecule has 0 aliphatic carbocycles. The zero-order valence-corrected chi connectivity index (χ0v) is 13.8. The zero-order valence-electron chi connectivity index (χ0n) is 13.8. The van der Waals surface area contributed by atoms with Crippen molar-refractivity contribution in [2.24, 2.45) is 0 Å². The molecule has 25 heavy (non-hydrogen) atoms. The Morgan fingerprint density at radius 1 is 1.16 bits per heavy atom. The van der Waals surface area contributed by atoms with Crippen LogP contribution in [0.3, 0.4) is 0 Å². The summed E-state index contributed by atoms with van der Waals surface area (Å²) in [7, 11) is 0. The minimum Gasteiger partial charge on any atom is -0.481 e. The van der Waals surface area contributed by atoms with Crippen LogP contribution in [0.5, 0.6) is 0 Å². The van der Waals surface area contributed by atoms with Crippen LogP contribution in [0.25, 0.3) is 0 Å². The van der Waals surface area contributed by atoms with Crippen molar-refractivity contribution < 1.29 is 38.9 Å². The van der Waals surface area contributed by atoms with Crippen molar-refractivity contribution in [3.05, 3.63) is 23.9 Å². The molecule has 1 heterocycles. The van der Waals surface area contributed by atoms with Crippen LogP contribution in [0.15, 0.2) is 23.9 Å². The lowest BCUT2D eigenvalue weighted by atomic mass is 10.2. The third-order valence-corrected chi connectivity index (χ3v) is 3.14. The van der Waals surface area contributed by atoms with Gasteiger partial charge in [0.1, 0.15) is 19.0 Å². The summed E-state index contributed by atoms with van der Waals surface area (Å²) in [5, 5.41) is 19.9. The summed E-state index contributed by atoms with van der Waals surface area (Å²) in [5.41, 5.74) is 0.898. The minimum absolute atomic E-state index is 0.504. The molecule has 0 saturated carbocycles. The number of esters is 2. The first-order chi connectivity index (χ1) is 11.7. The van der Waals surface area contributed by atoms with E-state index in [0.29, 0.717) is 6.54 Å². The highest BCUT2D eigenvalue weighted by atomic mass is 16.7. The molecule has 0 aromatic rings. The first kappa shape index (κ1) is 20.2. The fourth-order valence-electron chi connectivity index (χ4n) is 2.11. The van der Waals surface area contributed by atoms with Gasteiger partial charge in [0.15, 0.2) is 0 Å². The average molecular weight is 356 g/mol. The first-order valence-corrected chi connectivity index (χ1v) is 7.43. The summed E-state index contributed by atoms with van der Waals surface area (Å²) >= 11 is 0. The molecule has 0 spiro atoms. The molecule has 10 nitrogen and oxygen atoms in total. The maximum absolute atomic E-state index is 11.5. The van der Waals surface area contributed by atoms with Crippen LogP contribution in [-0.2, 0) is 28.7 Å². The van der Waals surface area contributed by atoms with E-state index in [0.717, 1.165) is 5.70 Å². The highest BCUT2D eigenvalue weighted by molar-refractivity contribution is 5.91. The number of hydrogen-bond acceptors (Lipinski definition) is 8. The van der Waals surface area contributed by atoms with E-state index >= 15 is 0 Å². The number of ether oxygens (including phenoxy) is 2. The molecule has 1 rings (SSSR count). The highest BCUT2D eigenvalue weighted by Gasteiger charge is 2.27. The number of likely N-dealkylation sites (N-methyl/N-ethyl adjacent to an activating group) is 1. The Morgan fingerprint density at radius 3 is 2.12 bits per heavy atom. The number of carboxylic acid groups (broad SMARTS) is 2. The number of rotatable bonds is 9. The lowest BCUT2D eigenvalue weighted by Crippen LogP contribution is -2.51. The van der Waals surface area contributed by atoms with E-state index in [1.165, 1.54) is 0 Å². The van der Waals surface area contributed by atoms with E-state index in [1.807, 2.05) is 24.8 Å². The normalized spacial score (nSPS) is 16.4. The number of nitrogens with one attached hydrogen (secondary N) is 1. The van der Waals surface area contributed by atoms with Crippen LogP contribution in [0, 0.1) is 0 Å². The van der Waals surface area contributed by atoms with E-state index in [1.54, 1.807) is 12.2 Å². The molecule has 1 aliphatic heterocycles. The maximum atomic E-state index is 11.5. The topological polar surface area (TPSA) is 142 Å². The van der Waals surface area contributed by atoms with Crippen molar-refractivity contribution in [2.45, 2.75) is 39.3 Å². The molecule has 1 atom stereocenters. The number of carbonyl (C=O) groups excluding carboxylic acids is 2. The average Bonchev–Trinajstić information content (AvgIpc) is 2.45. The number of carbonyl (C=O) groups is 4. The summed E-state index contributed by atoms with van der Waals surface area (Å²) in [6, 6.07) is 0. The third kappa shape index (κ3) is 7.04. The SMILES string of the molecule is CCN1C(C)=CC=CC1NC(OC(=O)CC(=O)O)OC(=O)CC(=O)O. The van der Waals surface area contributed by atoms with Gasteiger partial charge in [0.2, 0.25) is 0 Å². The minimum atomic E-state index is -1.63. The Kier molecular flexibility index (Phi) is 7.60. The quantitative estimate of drug-likeness (QED) is 0.294. The van der Waals surface area contributed by atoms with Gasteiger partial charge in [-0.25, -0.2) is 5.32 Å². The standard InChI is InChI=1S/C15H20N2O8/c1-3-17-9(2)5-4-6-10(17)16-15(24-13(22)7-11(18)19)25-14(23)8-12(20)21/h4-6,10,15-16H,3,7-8H2,1-2H3,(H,18,19)(H,20,21). The monoisotopic (exact) mass is 356 g/mol. The van der Waals surface area contributed by atoms with Crippen LogP contribution in [0.4, 0.5) is 0 Å². The van der Waals surface area contributed by atoms with Crippen molar-refractivity contribution in [3.63, 3.8) is 0 Å². The molecule has 10 heteroatoms. The van der Waals surface area contributed by atoms with Gasteiger partial charge in [-0.2, -0.15) is 0 Å². The highest BCUT2D eigenvalue weighted by Crippen LogP contribution is 2.14.